The second-order valence-corrected chi connectivity index (χ2v) is 5.85. The SMILES string of the molecule is COC1CC(Nc2cccc(CN3CCCC3)c2)C1. The number of anilines is 1. The van der Waals surface area contributed by atoms with Crippen molar-refractivity contribution in [1.82, 2.24) is 4.90 Å². The second kappa shape index (κ2) is 5.93. The van der Waals surface area contributed by atoms with Gasteiger partial charge >= 0.3 is 0 Å². The van der Waals surface area contributed by atoms with Crippen molar-refractivity contribution in [3.05, 3.63) is 29.8 Å². The molecular formula is C16H24N2O. The van der Waals surface area contributed by atoms with Gasteiger partial charge in [-0.3, -0.25) is 4.90 Å². The van der Waals surface area contributed by atoms with Gasteiger partial charge in [0, 0.05) is 25.4 Å². The molecule has 0 unspecified atom stereocenters. The molecule has 104 valence electrons. The summed E-state index contributed by atoms with van der Waals surface area (Å²) in [4.78, 5) is 2.55. The molecule has 0 radical (unpaired) electrons. The first-order valence-corrected chi connectivity index (χ1v) is 7.44. The van der Waals surface area contributed by atoms with E-state index in [9.17, 15) is 0 Å². The topological polar surface area (TPSA) is 24.5 Å². The molecule has 19 heavy (non-hydrogen) atoms. The van der Waals surface area contributed by atoms with Gasteiger partial charge in [0.15, 0.2) is 0 Å². The summed E-state index contributed by atoms with van der Waals surface area (Å²) in [5, 5.41) is 3.61. The van der Waals surface area contributed by atoms with Crippen molar-refractivity contribution in [2.24, 2.45) is 0 Å². The highest BCUT2D eigenvalue weighted by atomic mass is 16.5. The van der Waals surface area contributed by atoms with Crippen LogP contribution in [0.5, 0.6) is 0 Å². The average Bonchev–Trinajstić information content (AvgIpc) is 2.86. The van der Waals surface area contributed by atoms with Crippen LogP contribution in [0.2, 0.25) is 0 Å². The smallest absolute Gasteiger partial charge is 0.0610 e. The summed E-state index contributed by atoms with van der Waals surface area (Å²) in [5.74, 6) is 0. The lowest BCUT2D eigenvalue weighted by Crippen LogP contribution is -2.40. The Hall–Kier alpha value is -1.06. The van der Waals surface area contributed by atoms with Crippen molar-refractivity contribution in [2.45, 2.75) is 44.4 Å². The summed E-state index contributed by atoms with van der Waals surface area (Å²) < 4.78 is 5.32. The highest BCUT2D eigenvalue weighted by Crippen LogP contribution is 2.26. The predicted octanol–water partition coefficient (Wildman–Crippen LogP) is 2.87. The lowest BCUT2D eigenvalue weighted by molar-refractivity contribution is 0.0329. The average molecular weight is 260 g/mol. The van der Waals surface area contributed by atoms with Crippen molar-refractivity contribution in [2.75, 3.05) is 25.5 Å². The van der Waals surface area contributed by atoms with Gasteiger partial charge in [-0.25, -0.2) is 0 Å². The number of nitrogens with one attached hydrogen (secondary N) is 1. The molecule has 3 nitrogen and oxygen atoms in total. The molecule has 0 amide bonds. The summed E-state index contributed by atoms with van der Waals surface area (Å²) in [5.41, 5.74) is 2.69. The van der Waals surface area contributed by atoms with Crippen molar-refractivity contribution < 1.29 is 4.74 Å². The van der Waals surface area contributed by atoms with E-state index in [2.05, 4.69) is 34.5 Å². The summed E-state index contributed by atoms with van der Waals surface area (Å²) >= 11 is 0. The van der Waals surface area contributed by atoms with E-state index in [0.29, 0.717) is 12.1 Å². The van der Waals surface area contributed by atoms with E-state index < -0.39 is 0 Å². The maximum absolute atomic E-state index is 5.32. The van der Waals surface area contributed by atoms with Crippen LogP contribution in [0.15, 0.2) is 24.3 Å². The molecule has 1 heterocycles. The molecule has 1 aliphatic heterocycles. The highest BCUT2D eigenvalue weighted by molar-refractivity contribution is 5.47. The molecule has 1 saturated heterocycles. The highest BCUT2D eigenvalue weighted by Gasteiger charge is 2.28. The summed E-state index contributed by atoms with van der Waals surface area (Å²) in [6, 6.07) is 9.47. The van der Waals surface area contributed by atoms with Gasteiger partial charge in [0.05, 0.1) is 6.10 Å². The monoisotopic (exact) mass is 260 g/mol. The Morgan fingerprint density at radius 1 is 1.26 bits per heavy atom. The minimum absolute atomic E-state index is 0.463. The normalized spacial score (nSPS) is 27.2. The first-order chi connectivity index (χ1) is 9.33. The summed E-state index contributed by atoms with van der Waals surface area (Å²) in [6.07, 6.45) is 5.45. The molecule has 1 aliphatic carbocycles. The third kappa shape index (κ3) is 3.28. The van der Waals surface area contributed by atoms with Crippen LogP contribution in [0.1, 0.15) is 31.2 Å². The zero-order valence-corrected chi connectivity index (χ0v) is 11.8. The molecule has 1 aromatic carbocycles. The Labute approximate surface area is 115 Å². The van der Waals surface area contributed by atoms with Gasteiger partial charge in [0.2, 0.25) is 0 Å². The van der Waals surface area contributed by atoms with Crippen molar-refractivity contribution in [1.29, 1.82) is 0 Å². The van der Waals surface area contributed by atoms with Crippen LogP contribution in [-0.4, -0.2) is 37.2 Å². The van der Waals surface area contributed by atoms with Crippen LogP contribution in [0.25, 0.3) is 0 Å². The molecule has 0 aromatic heterocycles. The zero-order valence-electron chi connectivity index (χ0n) is 11.8. The Kier molecular flexibility index (Phi) is 4.04. The number of hydrogen-bond donors (Lipinski definition) is 1. The number of ether oxygens (including phenoxy) is 1. The molecule has 0 atom stereocenters. The van der Waals surface area contributed by atoms with Crippen molar-refractivity contribution in [3.8, 4) is 0 Å². The van der Waals surface area contributed by atoms with Crippen LogP contribution in [0.3, 0.4) is 0 Å². The van der Waals surface area contributed by atoms with Gasteiger partial charge in [-0.15, -0.1) is 0 Å². The molecule has 0 spiro atoms. The standard InChI is InChI=1S/C16H24N2O/c1-19-16-10-15(11-16)17-14-6-4-5-13(9-14)12-18-7-2-3-8-18/h4-6,9,15-17H,2-3,7-8,10-12H2,1H3. The third-order valence-electron chi connectivity index (χ3n) is 4.33. The van der Waals surface area contributed by atoms with E-state index in [-0.39, 0.29) is 0 Å². The van der Waals surface area contributed by atoms with Gasteiger partial charge < -0.3 is 10.1 Å². The maximum atomic E-state index is 5.32. The number of rotatable bonds is 5. The van der Waals surface area contributed by atoms with Crippen molar-refractivity contribution >= 4 is 5.69 Å². The lowest BCUT2D eigenvalue weighted by Gasteiger charge is -2.35. The van der Waals surface area contributed by atoms with Crippen LogP contribution < -0.4 is 5.32 Å². The number of benzene rings is 1. The third-order valence-corrected chi connectivity index (χ3v) is 4.33. The van der Waals surface area contributed by atoms with Crippen LogP contribution in [-0.2, 0) is 11.3 Å². The predicted molar refractivity (Wildman–Crippen MR) is 78.4 cm³/mol. The first kappa shape index (κ1) is 12.9. The van der Waals surface area contributed by atoms with E-state index >= 15 is 0 Å². The number of likely N-dealkylation sites (tertiary alicyclic amines) is 1. The molecule has 1 N–H and O–H groups in total. The molecule has 1 aromatic rings. The van der Waals surface area contributed by atoms with E-state index in [1.807, 2.05) is 0 Å². The summed E-state index contributed by atoms with van der Waals surface area (Å²) in [6.45, 7) is 3.62. The van der Waals surface area contributed by atoms with Crippen LogP contribution in [0, 0.1) is 0 Å². The quantitative estimate of drug-likeness (QED) is 0.881. The fraction of sp³-hybridized carbons (Fsp3) is 0.625. The number of nitrogens with zero attached hydrogens (tertiary/aromatic N) is 1. The molecule has 2 aliphatic rings. The molecule has 0 bridgehead atoms. The number of methoxy groups -OCH3 is 1. The van der Waals surface area contributed by atoms with E-state index in [1.54, 1.807) is 7.11 Å². The molecule has 2 fully saturated rings. The van der Waals surface area contributed by atoms with Gasteiger partial charge in [-0.05, 0) is 56.5 Å². The largest absolute Gasteiger partial charge is 0.382 e. The second-order valence-electron chi connectivity index (χ2n) is 5.85. The minimum Gasteiger partial charge on any atom is -0.382 e. The maximum Gasteiger partial charge on any atom is 0.0610 e. The van der Waals surface area contributed by atoms with Gasteiger partial charge in [-0.2, -0.15) is 0 Å². The van der Waals surface area contributed by atoms with Crippen molar-refractivity contribution in [3.63, 3.8) is 0 Å². The zero-order chi connectivity index (χ0) is 13.1. The Morgan fingerprint density at radius 3 is 2.79 bits per heavy atom. The Bertz CT molecular complexity index is 409. The minimum atomic E-state index is 0.463. The van der Waals surface area contributed by atoms with Crippen LogP contribution >= 0.6 is 0 Å². The van der Waals surface area contributed by atoms with E-state index in [4.69, 9.17) is 4.74 Å². The van der Waals surface area contributed by atoms with Crippen LogP contribution in [0.4, 0.5) is 5.69 Å². The number of hydrogen-bond acceptors (Lipinski definition) is 3. The fourth-order valence-corrected chi connectivity index (χ4v) is 3.07. The summed E-state index contributed by atoms with van der Waals surface area (Å²) in [7, 11) is 1.80. The first-order valence-electron chi connectivity index (χ1n) is 7.44. The molecule has 3 rings (SSSR count). The van der Waals surface area contributed by atoms with E-state index in [1.165, 1.54) is 37.2 Å². The van der Waals surface area contributed by atoms with Gasteiger partial charge in [0.1, 0.15) is 0 Å². The Morgan fingerprint density at radius 2 is 2.05 bits per heavy atom. The van der Waals surface area contributed by atoms with Gasteiger partial charge in [0.25, 0.3) is 0 Å². The Balaban J connectivity index is 1.54. The van der Waals surface area contributed by atoms with Gasteiger partial charge in [-0.1, -0.05) is 12.1 Å². The van der Waals surface area contributed by atoms with E-state index in [0.717, 1.165) is 19.4 Å². The fourth-order valence-electron chi connectivity index (χ4n) is 3.07. The molecule has 1 saturated carbocycles. The molecular weight excluding hydrogens is 236 g/mol. The molecule has 3 heteroatoms. The lowest BCUT2D eigenvalue weighted by atomic mass is 9.89.